The van der Waals surface area contributed by atoms with Gasteiger partial charge in [-0.15, -0.1) is 0 Å². The fourth-order valence-corrected chi connectivity index (χ4v) is 3.89. The van der Waals surface area contributed by atoms with E-state index in [-0.39, 0.29) is 0 Å². The van der Waals surface area contributed by atoms with Crippen LogP contribution in [0.25, 0.3) is 0 Å². The van der Waals surface area contributed by atoms with Gasteiger partial charge in [-0.1, -0.05) is 49.6 Å². The van der Waals surface area contributed by atoms with Crippen LogP contribution in [0.1, 0.15) is 44.6 Å². The van der Waals surface area contributed by atoms with Crippen LogP contribution in [0, 0.1) is 5.92 Å². The molecule has 0 radical (unpaired) electrons. The highest BCUT2D eigenvalue weighted by Gasteiger charge is 2.34. The predicted molar refractivity (Wildman–Crippen MR) is 82.6 cm³/mol. The molecule has 110 valence electrons. The molecule has 2 unspecified atom stereocenters. The summed E-state index contributed by atoms with van der Waals surface area (Å²) in [6.07, 6.45) is 7.41. The molecule has 2 fully saturated rings. The second-order valence-electron chi connectivity index (χ2n) is 6.43. The van der Waals surface area contributed by atoms with Crippen LogP contribution in [0.2, 0.25) is 0 Å². The summed E-state index contributed by atoms with van der Waals surface area (Å²) in [4.78, 5) is 2.61. The van der Waals surface area contributed by atoms with Crippen LogP contribution in [0.5, 0.6) is 0 Å². The highest BCUT2D eigenvalue weighted by Crippen LogP contribution is 2.32. The number of hydrogen-bond donors (Lipinski definition) is 0. The van der Waals surface area contributed by atoms with Gasteiger partial charge in [-0.05, 0) is 31.2 Å². The molecule has 1 aromatic carbocycles. The third-order valence-electron chi connectivity index (χ3n) is 5.08. The Morgan fingerprint density at radius 3 is 2.60 bits per heavy atom. The summed E-state index contributed by atoms with van der Waals surface area (Å²) in [5, 5.41) is 0. The molecule has 2 aliphatic rings. The zero-order valence-corrected chi connectivity index (χ0v) is 12.6. The third-order valence-corrected chi connectivity index (χ3v) is 5.08. The maximum atomic E-state index is 6.16. The summed E-state index contributed by atoms with van der Waals surface area (Å²) in [5.41, 5.74) is 1.42. The molecule has 0 amide bonds. The standard InChI is InChI=1S/C18H27NO/c1-15-18(17-10-6-3-7-11-17)20-13-12-19(15)14-16-8-4-2-5-9-16/h2,4-5,8-9,15,17-18H,3,6-7,10-14H2,1H3. The molecule has 1 saturated heterocycles. The lowest BCUT2D eigenvalue weighted by Crippen LogP contribution is -2.52. The van der Waals surface area contributed by atoms with E-state index < -0.39 is 0 Å². The number of hydrogen-bond acceptors (Lipinski definition) is 2. The Morgan fingerprint density at radius 2 is 1.85 bits per heavy atom. The largest absolute Gasteiger partial charge is 0.375 e. The lowest BCUT2D eigenvalue weighted by Gasteiger charge is -2.43. The van der Waals surface area contributed by atoms with Gasteiger partial charge >= 0.3 is 0 Å². The van der Waals surface area contributed by atoms with Gasteiger partial charge in [0.1, 0.15) is 0 Å². The van der Waals surface area contributed by atoms with Gasteiger partial charge in [-0.3, -0.25) is 4.90 Å². The molecule has 3 rings (SSSR count). The molecular weight excluding hydrogens is 246 g/mol. The van der Waals surface area contributed by atoms with Crippen molar-refractivity contribution >= 4 is 0 Å². The molecule has 1 saturated carbocycles. The van der Waals surface area contributed by atoms with Gasteiger partial charge < -0.3 is 4.74 Å². The van der Waals surface area contributed by atoms with E-state index in [4.69, 9.17) is 4.74 Å². The summed E-state index contributed by atoms with van der Waals surface area (Å²) in [6, 6.07) is 11.4. The molecule has 0 aromatic heterocycles. The first kappa shape index (κ1) is 14.1. The quantitative estimate of drug-likeness (QED) is 0.829. The molecule has 20 heavy (non-hydrogen) atoms. The zero-order chi connectivity index (χ0) is 13.8. The first-order valence-electron chi connectivity index (χ1n) is 8.24. The fourth-order valence-electron chi connectivity index (χ4n) is 3.89. The topological polar surface area (TPSA) is 12.5 Å². The van der Waals surface area contributed by atoms with Crippen LogP contribution in [0.15, 0.2) is 30.3 Å². The van der Waals surface area contributed by atoms with Crippen LogP contribution in [-0.4, -0.2) is 30.2 Å². The molecule has 1 aliphatic carbocycles. The lowest BCUT2D eigenvalue weighted by atomic mass is 9.82. The van der Waals surface area contributed by atoms with Crippen molar-refractivity contribution in [2.24, 2.45) is 5.92 Å². The van der Waals surface area contributed by atoms with Gasteiger partial charge in [0, 0.05) is 19.1 Å². The Bertz CT molecular complexity index is 399. The monoisotopic (exact) mass is 273 g/mol. The van der Waals surface area contributed by atoms with E-state index in [2.05, 4.69) is 42.2 Å². The van der Waals surface area contributed by atoms with Crippen molar-refractivity contribution in [3.05, 3.63) is 35.9 Å². The number of rotatable bonds is 3. The molecule has 0 bridgehead atoms. The van der Waals surface area contributed by atoms with Gasteiger partial charge in [-0.2, -0.15) is 0 Å². The Labute approximate surface area is 123 Å². The molecular formula is C18H27NO. The van der Waals surface area contributed by atoms with E-state index in [1.165, 1.54) is 37.7 Å². The van der Waals surface area contributed by atoms with Crippen LogP contribution in [0.4, 0.5) is 0 Å². The van der Waals surface area contributed by atoms with E-state index in [1.807, 2.05) is 0 Å². The Kier molecular flexibility index (Phi) is 4.74. The summed E-state index contributed by atoms with van der Waals surface area (Å²) in [6.45, 7) is 5.40. The van der Waals surface area contributed by atoms with Crippen LogP contribution >= 0.6 is 0 Å². The van der Waals surface area contributed by atoms with Crippen molar-refractivity contribution in [2.45, 2.75) is 57.7 Å². The minimum atomic E-state index is 0.452. The first-order chi connectivity index (χ1) is 9.84. The number of ether oxygens (including phenoxy) is 1. The summed E-state index contributed by atoms with van der Waals surface area (Å²) in [7, 11) is 0. The molecule has 1 heterocycles. The van der Waals surface area contributed by atoms with Crippen LogP contribution in [0.3, 0.4) is 0 Å². The minimum absolute atomic E-state index is 0.452. The van der Waals surface area contributed by atoms with Crippen LogP contribution in [-0.2, 0) is 11.3 Å². The number of nitrogens with zero attached hydrogens (tertiary/aromatic N) is 1. The van der Waals surface area contributed by atoms with E-state index in [0.717, 1.165) is 25.6 Å². The van der Waals surface area contributed by atoms with Crippen LogP contribution < -0.4 is 0 Å². The van der Waals surface area contributed by atoms with Crippen molar-refractivity contribution in [1.29, 1.82) is 0 Å². The molecule has 2 atom stereocenters. The van der Waals surface area contributed by atoms with Gasteiger partial charge in [0.05, 0.1) is 12.7 Å². The SMILES string of the molecule is CC1C(C2CCCCC2)OCCN1Cc1ccccc1. The van der Waals surface area contributed by atoms with Crippen molar-refractivity contribution < 1.29 is 4.74 Å². The normalized spacial score (nSPS) is 29.4. The highest BCUT2D eigenvalue weighted by atomic mass is 16.5. The highest BCUT2D eigenvalue weighted by molar-refractivity contribution is 5.14. The fraction of sp³-hybridized carbons (Fsp3) is 0.667. The number of morpholine rings is 1. The predicted octanol–water partition coefficient (Wildman–Crippen LogP) is 3.86. The third kappa shape index (κ3) is 3.24. The maximum absolute atomic E-state index is 6.16. The minimum Gasteiger partial charge on any atom is -0.375 e. The van der Waals surface area contributed by atoms with Crippen molar-refractivity contribution in [3.8, 4) is 0 Å². The average Bonchev–Trinajstić information content (AvgIpc) is 2.51. The second-order valence-corrected chi connectivity index (χ2v) is 6.43. The smallest absolute Gasteiger partial charge is 0.0756 e. The number of benzene rings is 1. The van der Waals surface area contributed by atoms with Gasteiger partial charge in [0.15, 0.2) is 0 Å². The van der Waals surface area contributed by atoms with E-state index in [1.54, 1.807) is 0 Å². The van der Waals surface area contributed by atoms with Gasteiger partial charge in [0.2, 0.25) is 0 Å². The Hall–Kier alpha value is -0.860. The second kappa shape index (κ2) is 6.73. The molecule has 0 N–H and O–H groups in total. The maximum Gasteiger partial charge on any atom is 0.0756 e. The van der Waals surface area contributed by atoms with E-state index in [9.17, 15) is 0 Å². The zero-order valence-electron chi connectivity index (χ0n) is 12.6. The first-order valence-corrected chi connectivity index (χ1v) is 8.24. The van der Waals surface area contributed by atoms with Gasteiger partial charge in [0.25, 0.3) is 0 Å². The Morgan fingerprint density at radius 1 is 1.10 bits per heavy atom. The molecule has 2 nitrogen and oxygen atoms in total. The summed E-state index contributed by atoms with van der Waals surface area (Å²) >= 11 is 0. The molecule has 1 aliphatic heterocycles. The Balaban J connectivity index is 1.63. The molecule has 0 spiro atoms. The lowest BCUT2D eigenvalue weighted by molar-refractivity contribution is -0.100. The summed E-state index contributed by atoms with van der Waals surface area (Å²) < 4.78 is 6.16. The van der Waals surface area contributed by atoms with Crippen molar-refractivity contribution in [2.75, 3.05) is 13.2 Å². The average molecular weight is 273 g/mol. The summed E-state index contributed by atoms with van der Waals surface area (Å²) in [5.74, 6) is 0.789. The van der Waals surface area contributed by atoms with Gasteiger partial charge in [-0.25, -0.2) is 0 Å². The van der Waals surface area contributed by atoms with E-state index >= 15 is 0 Å². The molecule has 2 heteroatoms. The van der Waals surface area contributed by atoms with Crippen molar-refractivity contribution in [3.63, 3.8) is 0 Å². The molecule has 1 aromatic rings. The van der Waals surface area contributed by atoms with E-state index in [0.29, 0.717) is 12.1 Å². The van der Waals surface area contributed by atoms with Crippen molar-refractivity contribution in [1.82, 2.24) is 4.90 Å².